The molecule has 1 amide bonds. The van der Waals surface area contributed by atoms with Gasteiger partial charge in [-0.1, -0.05) is 18.2 Å². The van der Waals surface area contributed by atoms with Gasteiger partial charge < -0.3 is 14.8 Å². The third-order valence-corrected chi connectivity index (χ3v) is 3.35. The SMILES string of the molecule is COc1ccccc1NC(=O)[C@@H](C)Oc1ccc(C)cc1[N+](=O)[O-]. The molecule has 0 bridgehead atoms. The van der Waals surface area contributed by atoms with Crippen molar-refractivity contribution in [3.8, 4) is 11.5 Å². The lowest BCUT2D eigenvalue weighted by atomic mass is 10.2. The summed E-state index contributed by atoms with van der Waals surface area (Å²) < 4.78 is 10.6. The molecule has 0 aliphatic rings. The fourth-order valence-corrected chi connectivity index (χ4v) is 2.10. The fourth-order valence-electron chi connectivity index (χ4n) is 2.10. The second kappa shape index (κ2) is 7.45. The first-order valence-corrected chi connectivity index (χ1v) is 7.28. The summed E-state index contributed by atoms with van der Waals surface area (Å²) in [5, 5.41) is 13.8. The maximum absolute atomic E-state index is 12.3. The topological polar surface area (TPSA) is 90.7 Å². The van der Waals surface area contributed by atoms with Gasteiger partial charge in [-0.25, -0.2) is 0 Å². The van der Waals surface area contributed by atoms with Gasteiger partial charge >= 0.3 is 5.69 Å². The monoisotopic (exact) mass is 330 g/mol. The smallest absolute Gasteiger partial charge is 0.311 e. The first kappa shape index (κ1) is 17.3. The summed E-state index contributed by atoms with van der Waals surface area (Å²) in [6.07, 6.45) is -0.920. The molecule has 0 unspecified atom stereocenters. The van der Waals surface area contributed by atoms with Gasteiger partial charge in [0.25, 0.3) is 5.91 Å². The van der Waals surface area contributed by atoms with Crippen LogP contribution in [0.3, 0.4) is 0 Å². The second-order valence-corrected chi connectivity index (χ2v) is 5.18. The first-order chi connectivity index (χ1) is 11.4. The normalized spacial score (nSPS) is 11.5. The minimum Gasteiger partial charge on any atom is -0.495 e. The van der Waals surface area contributed by atoms with E-state index in [1.54, 1.807) is 37.3 Å². The maximum atomic E-state index is 12.3. The van der Waals surface area contributed by atoms with Crippen LogP contribution in [0.4, 0.5) is 11.4 Å². The van der Waals surface area contributed by atoms with Crippen LogP contribution in [-0.4, -0.2) is 24.0 Å². The predicted molar refractivity (Wildman–Crippen MR) is 89.5 cm³/mol. The average molecular weight is 330 g/mol. The van der Waals surface area contributed by atoms with Crippen molar-refractivity contribution in [2.24, 2.45) is 0 Å². The van der Waals surface area contributed by atoms with Crippen LogP contribution < -0.4 is 14.8 Å². The van der Waals surface area contributed by atoms with Crippen LogP contribution in [0.5, 0.6) is 11.5 Å². The van der Waals surface area contributed by atoms with Crippen LogP contribution in [0, 0.1) is 17.0 Å². The van der Waals surface area contributed by atoms with E-state index in [0.29, 0.717) is 11.4 Å². The van der Waals surface area contributed by atoms with Crippen molar-refractivity contribution in [3.63, 3.8) is 0 Å². The molecule has 0 aromatic heterocycles. The van der Waals surface area contributed by atoms with Gasteiger partial charge in [-0.05, 0) is 37.6 Å². The van der Waals surface area contributed by atoms with Gasteiger partial charge in [-0.2, -0.15) is 0 Å². The molecule has 0 heterocycles. The third-order valence-electron chi connectivity index (χ3n) is 3.35. The number of nitro benzene ring substituents is 1. The molecule has 0 aliphatic heterocycles. The molecule has 0 radical (unpaired) electrons. The van der Waals surface area contributed by atoms with Gasteiger partial charge in [-0.15, -0.1) is 0 Å². The Kier molecular flexibility index (Phi) is 5.36. The van der Waals surface area contributed by atoms with E-state index in [9.17, 15) is 14.9 Å². The zero-order valence-corrected chi connectivity index (χ0v) is 13.6. The molecule has 2 rings (SSSR count). The van der Waals surface area contributed by atoms with E-state index in [2.05, 4.69) is 5.32 Å². The summed E-state index contributed by atoms with van der Waals surface area (Å²) in [5.74, 6) is 0.127. The number of aryl methyl sites for hydroxylation is 1. The number of hydrogen-bond donors (Lipinski definition) is 1. The van der Waals surface area contributed by atoms with Crippen molar-refractivity contribution in [1.29, 1.82) is 0 Å². The Labute approximate surface area is 139 Å². The van der Waals surface area contributed by atoms with Crippen LogP contribution in [-0.2, 0) is 4.79 Å². The molecule has 24 heavy (non-hydrogen) atoms. The summed E-state index contributed by atoms with van der Waals surface area (Å²) in [4.78, 5) is 22.8. The molecule has 7 nitrogen and oxygen atoms in total. The van der Waals surface area contributed by atoms with E-state index in [-0.39, 0.29) is 11.4 Å². The molecular formula is C17H18N2O5. The van der Waals surface area contributed by atoms with E-state index in [4.69, 9.17) is 9.47 Å². The van der Waals surface area contributed by atoms with E-state index in [1.165, 1.54) is 26.2 Å². The third kappa shape index (κ3) is 4.01. The molecule has 7 heteroatoms. The number of methoxy groups -OCH3 is 1. The van der Waals surface area contributed by atoms with Gasteiger partial charge in [0, 0.05) is 6.07 Å². The number of rotatable bonds is 6. The minimum atomic E-state index is -0.920. The molecule has 1 atom stereocenters. The Balaban J connectivity index is 2.14. The zero-order valence-electron chi connectivity index (χ0n) is 13.6. The number of para-hydroxylation sites is 2. The Morgan fingerprint density at radius 1 is 1.21 bits per heavy atom. The van der Waals surface area contributed by atoms with E-state index < -0.39 is 16.9 Å². The number of anilines is 1. The first-order valence-electron chi connectivity index (χ1n) is 7.28. The molecular weight excluding hydrogens is 312 g/mol. The van der Waals surface area contributed by atoms with E-state index in [1.807, 2.05) is 0 Å². The molecule has 0 saturated heterocycles. The Morgan fingerprint density at radius 3 is 2.58 bits per heavy atom. The van der Waals surface area contributed by atoms with Crippen molar-refractivity contribution in [1.82, 2.24) is 0 Å². The van der Waals surface area contributed by atoms with Crippen LogP contribution in [0.25, 0.3) is 0 Å². The lowest BCUT2D eigenvalue weighted by Gasteiger charge is -2.16. The molecule has 0 fully saturated rings. The van der Waals surface area contributed by atoms with E-state index in [0.717, 1.165) is 5.56 Å². The lowest BCUT2D eigenvalue weighted by molar-refractivity contribution is -0.386. The summed E-state index contributed by atoms with van der Waals surface area (Å²) in [6.45, 7) is 3.27. The molecule has 0 saturated carbocycles. The van der Waals surface area contributed by atoms with Crippen molar-refractivity contribution in [3.05, 3.63) is 58.1 Å². The van der Waals surface area contributed by atoms with Crippen molar-refractivity contribution < 1.29 is 19.2 Å². The lowest BCUT2D eigenvalue weighted by Crippen LogP contribution is -2.30. The number of nitrogens with zero attached hydrogens (tertiary/aromatic N) is 1. The summed E-state index contributed by atoms with van der Waals surface area (Å²) in [7, 11) is 1.50. The van der Waals surface area contributed by atoms with Crippen molar-refractivity contribution in [2.45, 2.75) is 20.0 Å². The molecule has 0 aliphatic carbocycles. The van der Waals surface area contributed by atoms with Crippen LogP contribution in [0.2, 0.25) is 0 Å². The average Bonchev–Trinajstić information content (AvgIpc) is 2.56. The fraction of sp³-hybridized carbons (Fsp3) is 0.235. The summed E-state index contributed by atoms with van der Waals surface area (Å²) in [5.41, 5.74) is 1.06. The molecule has 2 aromatic rings. The minimum absolute atomic E-state index is 0.0493. The van der Waals surface area contributed by atoms with Crippen LogP contribution in [0.15, 0.2) is 42.5 Å². The molecule has 2 aromatic carbocycles. The number of nitro groups is 1. The highest BCUT2D eigenvalue weighted by Gasteiger charge is 2.22. The van der Waals surface area contributed by atoms with Crippen LogP contribution in [0.1, 0.15) is 12.5 Å². The van der Waals surface area contributed by atoms with Gasteiger partial charge in [0.2, 0.25) is 0 Å². The number of amides is 1. The van der Waals surface area contributed by atoms with Crippen LogP contribution >= 0.6 is 0 Å². The summed E-state index contributed by atoms with van der Waals surface area (Å²) >= 11 is 0. The quantitative estimate of drug-likeness (QED) is 0.648. The largest absolute Gasteiger partial charge is 0.495 e. The van der Waals surface area contributed by atoms with Gasteiger partial charge in [-0.3, -0.25) is 14.9 Å². The number of benzene rings is 2. The van der Waals surface area contributed by atoms with Crippen molar-refractivity contribution >= 4 is 17.3 Å². The standard InChI is InChI=1S/C17H18N2O5/c1-11-8-9-16(14(10-11)19(21)22)24-12(2)17(20)18-13-6-4-5-7-15(13)23-3/h4-10,12H,1-3H3,(H,18,20)/t12-/m1/s1. The molecule has 1 N–H and O–H groups in total. The zero-order chi connectivity index (χ0) is 17.7. The maximum Gasteiger partial charge on any atom is 0.311 e. The number of hydrogen-bond acceptors (Lipinski definition) is 5. The molecule has 0 spiro atoms. The van der Waals surface area contributed by atoms with Gasteiger partial charge in [0.05, 0.1) is 17.7 Å². The van der Waals surface area contributed by atoms with Gasteiger partial charge in [0.15, 0.2) is 11.9 Å². The highest BCUT2D eigenvalue weighted by atomic mass is 16.6. The summed E-state index contributed by atoms with van der Waals surface area (Å²) in [6, 6.07) is 11.5. The van der Waals surface area contributed by atoms with E-state index >= 15 is 0 Å². The number of nitrogens with one attached hydrogen (secondary N) is 1. The second-order valence-electron chi connectivity index (χ2n) is 5.18. The Bertz CT molecular complexity index is 760. The predicted octanol–water partition coefficient (Wildman–Crippen LogP) is 3.32. The van der Waals surface area contributed by atoms with Gasteiger partial charge in [0.1, 0.15) is 5.75 Å². The highest BCUT2D eigenvalue weighted by Crippen LogP contribution is 2.29. The number of ether oxygens (including phenoxy) is 2. The van der Waals surface area contributed by atoms with Crippen molar-refractivity contribution in [2.75, 3.05) is 12.4 Å². The highest BCUT2D eigenvalue weighted by molar-refractivity contribution is 5.95. The number of carbonyl (C=O) groups is 1. The molecule has 126 valence electrons. The Hall–Kier alpha value is -3.09. The Morgan fingerprint density at radius 2 is 1.92 bits per heavy atom. The number of carbonyl (C=O) groups excluding carboxylic acids is 1.